The van der Waals surface area contributed by atoms with E-state index in [1.54, 1.807) is 0 Å². The lowest BCUT2D eigenvalue weighted by atomic mass is 16.0. The first kappa shape index (κ1) is 8.08. The average Bonchev–Trinajstić information content (AvgIpc) is 1.71. The van der Waals surface area contributed by atoms with Crippen molar-refractivity contribution in [2.24, 2.45) is 0 Å². The first-order valence-electron chi connectivity index (χ1n) is 1.20. The predicted octanol–water partition coefficient (Wildman–Crippen LogP) is 0.971. The molecule has 0 fully saturated rings. The van der Waals surface area contributed by atoms with Crippen LogP contribution < -0.4 is 0 Å². The Morgan fingerprint density at radius 1 is 0.429 bits per heavy atom. The van der Waals surface area contributed by atoms with Crippen LogP contribution in [-0.4, -0.2) is 16.4 Å². The molecule has 0 bridgehead atoms. The molecule has 7 heavy (non-hydrogen) atoms. The molecule has 0 aliphatic rings. The molecule has 44 valence electrons. The standard InChI is InChI=1S/3H2O.P4/c;;;1-2-3(1)4(1)2/h3*1H2;. The van der Waals surface area contributed by atoms with Gasteiger partial charge in [0, 0.05) is 25.5 Å². The molecule has 4 aromatic heterocycles. The van der Waals surface area contributed by atoms with Crippen molar-refractivity contribution < 1.29 is 16.4 Å². The van der Waals surface area contributed by atoms with Crippen molar-refractivity contribution in [3.63, 3.8) is 0 Å². The Morgan fingerprint density at radius 2 is 0.571 bits per heavy atom. The highest BCUT2D eigenvalue weighted by molar-refractivity contribution is 9.37. The summed E-state index contributed by atoms with van der Waals surface area (Å²) in [6, 6.07) is 0. The van der Waals surface area contributed by atoms with E-state index in [9.17, 15) is 0 Å². The van der Waals surface area contributed by atoms with Gasteiger partial charge in [0.1, 0.15) is 0 Å². The van der Waals surface area contributed by atoms with Gasteiger partial charge in [0.25, 0.3) is 0 Å². The molecular formula is H6O3P4. The Morgan fingerprint density at radius 3 is 0.571 bits per heavy atom. The normalized spacial score (nSPS) is 20.6. The Kier molecular flexibility index (Phi) is 1.77. The Balaban J connectivity index is 0.000000120. The molecule has 0 atom stereocenters. The largest absolute Gasteiger partial charge is 0.412 e. The summed E-state index contributed by atoms with van der Waals surface area (Å²) in [5, 5.41) is 0. The van der Waals surface area contributed by atoms with Crippen molar-refractivity contribution in [2.75, 3.05) is 0 Å². The van der Waals surface area contributed by atoms with Crippen LogP contribution in [0.4, 0.5) is 0 Å². The quantitative estimate of drug-likeness (QED) is 0.490. The highest BCUT2D eigenvalue weighted by Gasteiger charge is 2.45. The minimum Gasteiger partial charge on any atom is -0.412 e. The zero-order valence-corrected chi connectivity index (χ0v) is 6.87. The van der Waals surface area contributed by atoms with E-state index in [0.717, 1.165) is 25.5 Å². The van der Waals surface area contributed by atoms with Gasteiger partial charge in [-0.1, -0.05) is 0 Å². The fourth-order valence-corrected chi connectivity index (χ4v) is 61.9. The summed E-state index contributed by atoms with van der Waals surface area (Å²) < 4.78 is 0. The van der Waals surface area contributed by atoms with Crippen molar-refractivity contribution in [3.05, 3.63) is 0 Å². The van der Waals surface area contributed by atoms with Gasteiger partial charge in [-0.05, 0) is 0 Å². The third-order valence-electron chi connectivity index (χ3n) is 0.838. The zero-order valence-electron chi connectivity index (χ0n) is 3.29. The van der Waals surface area contributed by atoms with Crippen molar-refractivity contribution in [1.29, 1.82) is 0 Å². The summed E-state index contributed by atoms with van der Waals surface area (Å²) in [7, 11) is 0. The van der Waals surface area contributed by atoms with E-state index < -0.39 is 0 Å². The second-order valence-electron chi connectivity index (χ2n) is 1.07. The van der Waals surface area contributed by atoms with Gasteiger partial charge < -0.3 is 16.4 Å². The van der Waals surface area contributed by atoms with Gasteiger partial charge in [-0.3, -0.25) is 0 Å². The molecule has 0 saturated carbocycles. The molecule has 4 aromatic rings. The molecule has 4 rings (SSSR count). The van der Waals surface area contributed by atoms with Gasteiger partial charge in [0.15, 0.2) is 0 Å². The van der Waals surface area contributed by atoms with E-state index in [4.69, 9.17) is 0 Å². The van der Waals surface area contributed by atoms with Gasteiger partial charge in [-0.15, -0.1) is 0 Å². The summed E-state index contributed by atoms with van der Waals surface area (Å²) in [5.41, 5.74) is 0. The molecule has 0 spiro atoms. The van der Waals surface area contributed by atoms with E-state index in [2.05, 4.69) is 0 Å². The van der Waals surface area contributed by atoms with E-state index in [-0.39, 0.29) is 16.4 Å². The van der Waals surface area contributed by atoms with E-state index in [1.807, 2.05) is 0 Å². The first-order chi connectivity index (χ1) is 2.00. The molecule has 0 saturated heterocycles. The molecule has 4 heterocycles. The minimum atomic E-state index is 0. The summed E-state index contributed by atoms with van der Waals surface area (Å²) in [6.45, 7) is 0. The summed E-state index contributed by atoms with van der Waals surface area (Å²) in [6.07, 6.45) is 4.30. The van der Waals surface area contributed by atoms with Crippen molar-refractivity contribution in [3.8, 4) is 0 Å². The first-order valence-corrected chi connectivity index (χ1v) is 10.8. The van der Waals surface area contributed by atoms with Crippen molar-refractivity contribution in [2.45, 2.75) is 0 Å². The zero-order chi connectivity index (χ0) is 2.31. The molecule has 3 nitrogen and oxygen atoms in total. The average molecular weight is 178 g/mol. The van der Waals surface area contributed by atoms with Crippen LogP contribution in [0.2, 0.25) is 0 Å². The Bertz CT molecular complexity index is 161. The highest BCUT2D eigenvalue weighted by atomic mass is 33.4. The maximum absolute atomic E-state index is 1.07. The van der Waals surface area contributed by atoms with Gasteiger partial charge in [-0.25, -0.2) is 0 Å². The maximum Gasteiger partial charge on any atom is 0 e. The van der Waals surface area contributed by atoms with Crippen molar-refractivity contribution in [1.82, 2.24) is 0 Å². The second-order valence-corrected chi connectivity index (χ2v) is 29.0. The Labute approximate surface area is 42.7 Å². The molecule has 0 aliphatic carbocycles. The predicted molar refractivity (Wildman–Crippen MR) is 38.5 cm³/mol. The molecule has 0 amide bonds. The second kappa shape index (κ2) is 1.53. The van der Waals surface area contributed by atoms with Crippen LogP contribution in [0.15, 0.2) is 0 Å². The molecule has 7 heteroatoms. The van der Waals surface area contributed by atoms with Crippen LogP contribution in [0.5, 0.6) is 0 Å². The minimum absolute atomic E-state index is 0. The third kappa shape index (κ3) is 0.626. The lowest BCUT2D eigenvalue weighted by molar-refractivity contribution is 0.823. The maximum atomic E-state index is 1.07. The smallest absolute Gasteiger partial charge is 0 e. The van der Waals surface area contributed by atoms with Crippen LogP contribution in [0.25, 0.3) is 0 Å². The number of rotatable bonds is 0. The number of hydrogen-bond acceptors (Lipinski definition) is 0. The molecule has 0 aliphatic heterocycles. The lowest BCUT2D eigenvalue weighted by Crippen LogP contribution is -0.290. The van der Waals surface area contributed by atoms with Crippen LogP contribution in [0.3, 0.4) is 0 Å². The highest BCUT2D eigenvalue weighted by Crippen LogP contribution is 3.31. The van der Waals surface area contributed by atoms with E-state index in [1.165, 1.54) is 0 Å². The third-order valence-corrected chi connectivity index (χ3v) is 48.5. The van der Waals surface area contributed by atoms with Gasteiger partial charge in [0.05, 0.1) is 0 Å². The molecule has 0 aromatic carbocycles. The molecular weight excluding hydrogens is 172 g/mol. The molecule has 6 N–H and O–H groups in total. The van der Waals surface area contributed by atoms with Crippen LogP contribution in [0, 0.1) is 0 Å². The van der Waals surface area contributed by atoms with Gasteiger partial charge in [0.2, 0.25) is 0 Å². The molecule has 0 radical (unpaired) electrons. The Hall–Kier alpha value is 1.08. The van der Waals surface area contributed by atoms with Crippen molar-refractivity contribution >= 4 is 25.5 Å². The van der Waals surface area contributed by atoms with Crippen LogP contribution >= 0.6 is 25.5 Å². The fourth-order valence-electron chi connectivity index (χ4n) is 0.335. The molecule has 0 unspecified atom stereocenters. The van der Waals surface area contributed by atoms with Gasteiger partial charge >= 0.3 is 0 Å². The van der Waals surface area contributed by atoms with Crippen LogP contribution in [0.1, 0.15) is 0 Å². The van der Waals surface area contributed by atoms with Crippen LogP contribution in [-0.2, 0) is 0 Å². The van der Waals surface area contributed by atoms with Gasteiger partial charge in [-0.2, -0.15) is 0 Å². The van der Waals surface area contributed by atoms with E-state index in [0.29, 0.717) is 0 Å². The summed E-state index contributed by atoms with van der Waals surface area (Å²) in [4.78, 5) is 0. The van der Waals surface area contributed by atoms with E-state index >= 15 is 0 Å². The monoisotopic (exact) mass is 178 g/mol. The summed E-state index contributed by atoms with van der Waals surface area (Å²) >= 11 is 0. The lowest BCUT2D eigenvalue weighted by Gasteiger charge is -0.816. The SMILES string of the molecule is O.O.O.p12p3p1p23. The topological polar surface area (TPSA) is 94.5 Å². The number of hydrogen-bond donors (Lipinski definition) is 0. The fraction of sp³-hybridized carbons (Fsp3) is 0. The summed E-state index contributed by atoms with van der Waals surface area (Å²) in [5.74, 6) is 0.